The van der Waals surface area contributed by atoms with Gasteiger partial charge in [-0.1, -0.05) is 61.8 Å². The molecular formula is C21H24ClN3O3S. The van der Waals surface area contributed by atoms with Gasteiger partial charge in [-0.15, -0.1) is 0 Å². The topological polar surface area (TPSA) is 76.3 Å². The van der Waals surface area contributed by atoms with E-state index in [1.807, 2.05) is 24.3 Å². The fraction of sp³-hybridized carbons (Fsp3) is 0.333. The van der Waals surface area contributed by atoms with Crippen LogP contribution in [-0.2, 0) is 21.9 Å². The van der Waals surface area contributed by atoms with Crippen molar-refractivity contribution in [3.8, 4) is 11.5 Å². The molecule has 0 atom stereocenters. The van der Waals surface area contributed by atoms with Gasteiger partial charge in [0, 0.05) is 20.0 Å². The van der Waals surface area contributed by atoms with Gasteiger partial charge < -0.3 is 4.52 Å². The molecule has 154 valence electrons. The van der Waals surface area contributed by atoms with Gasteiger partial charge in [-0.05, 0) is 35.2 Å². The van der Waals surface area contributed by atoms with Crippen LogP contribution in [0.3, 0.4) is 0 Å². The Morgan fingerprint density at radius 2 is 1.72 bits per heavy atom. The van der Waals surface area contributed by atoms with Crippen molar-refractivity contribution in [2.45, 2.75) is 37.5 Å². The van der Waals surface area contributed by atoms with Crippen LogP contribution < -0.4 is 0 Å². The molecule has 0 aliphatic rings. The third-order valence-corrected chi connectivity index (χ3v) is 6.85. The summed E-state index contributed by atoms with van der Waals surface area (Å²) in [6.45, 7) is 6.49. The molecule has 0 spiro atoms. The van der Waals surface area contributed by atoms with Gasteiger partial charge in [-0.3, -0.25) is 0 Å². The summed E-state index contributed by atoms with van der Waals surface area (Å²) in [5, 5.41) is 4.45. The molecule has 0 aliphatic heterocycles. The Morgan fingerprint density at radius 3 is 2.34 bits per heavy atom. The Morgan fingerprint density at radius 1 is 1.07 bits per heavy atom. The minimum Gasteiger partial charge on any atom is -0.334 e. The molecule has 1 heterocycles. The monoisotopic (exact) mass is 433 g/mol. The first-order valence-corrected chi connectivity index (χ1v) is 11.1. The fourth-order valence-corrected chi connectivity index (χ4v) is 4.17. The second-order valence-corrected chi connectivity index (χ2v) is 10.3. The van der Waals surface area contributed by atoms with Gasteiger partial charge in [0.1, 0.15) is 0 Å². The van der Waals surface area contributed by atoms with Crippen LogP contribution in [0.2, 0.25) is 5.02 Å². The van der Waals surface area contributed by atoms with E-state index in [-0.39, 0.29) is 16.9 Å². The highest BCUT2D eigenvalue weighted by Gasteiger charge is 2.22. The van der Waals surface area contributed by atoms with Gasteiger partial charge >= 0.3 is 0 Å². The summed E-state index contributed by atoms with van der Waals surface area (Å²) in [6, 6.07) is 14.2. The zero-order valence-corrected chi connectivity index (χ0v) is 18.5. The molecule has 0 unspecified atom stereocenters. The van der Waals surface area contributed by atoms with Crippen molar-refractivity contribution in [2.24, 2.45) is 0 Å². The maximum Gasteiger partial charge on any atom is 0.259 e. The van der Waals surface area contributed by atoms with Gasteiger partial charge in [0.25, 0.3) is 5.89 Å². The van der Waals surface area contributed by atoms with Crippen molar-refractivity contribution in [3.63, 3.8) is 0 Å². The lowest BCUT2D eigenvalue weighted by molar-refractivity contribution is 0.415. The van der Waals surface area contributed by atoms with Crippen molar-refractivity contribution < 1.29 is 12.9 Å². The summed E-state index contributed by atoms with van der Waals surface area (Å²) in [6.07, 6.45) is 0.323. The van der Waals surface area contributed by atoms with Crippen LogP contribution in [0.25, 0.3) is 11.5 Å². The van der Waals surface area contributed by atoms with Crippen LogP contribution in [0.5, 0.6) is 0 Å². The highest BCUT2D eigenvalue weighted by atomic mass is 35.5. The van der Waals surface area contributed by atoms with Crippen molar-refractivity contribution in [1.82, 2.24) is 14.4 Å². The average molecular weight is 434 g/mol. The standard InChI is InChI=1S/C21H24ClN3O3S/c1-21(2,3)15-9-11-16(12-10-15)29(26,27)25(4)14-13-19-23-20(28-24-19)17-7-5-6-8-18(17)22/h5-12H,13-14H2,1-4H3. The molecule has 29 heavy (non-hydrogen) atoms. The molecule has 6 nitrogen and oxygen atoms in total. The molecule has 0 fully saturated rings. The molecule has 1 aromatic heterocycles. The maximum absolute atomic E-state index is 12.8. The molecule has 0 N–H and O–H groups in total. The summed E-state index contributed by atoms with van der Waals surface area (Å²) < 4.78 is 32.2. The maximum atomic E-state index is 12.8. The van der Waals surface area contributed by atoms with Crippen LogP contribution >= 0.6 is 11.6 Å². The molecule has 2 aromatic carbocycles. The third-order valence-electron chi connectivity index (χ3n) is 4.65. The quantitative estimate of drug-likeness (QED) is 0.569. The largest absolute Gasteiger partial charge is 0.334 e. The number of likely N-dealkylation sites (N-methyl/N-ethyl adjacent to an activating group) is 1. The molecule has 0 bridgehead atoms. The number of hydrogen-bond acceptors (Lipinski definition) is 5. The zero-order chi connectivity index (χ0) is 21.2. The molecule has 3 aromatic rings. The third kappa shape index (κ3) is 4.86. The van der Waals surface area contributed by atoms with Crippen molar-refractivity contribution in [1.29, 1.82) is 0 Å². The Kier molecular flexibility index (Phi) is 6.12. The summed E-state index contributed by atoms with van der Waals surface area (Å²) in [4.78, 5) is 4.58. The Bertz CT molecular complexity index is 1090. The molecule has 0 saturated heterocycles. The minimum absolute atomic E-state index is 0.0355. The number of aromatic nitrogens is 2. The normalized spacial score (nSPS) is 12.5. The fourth-order valence-electron chi connectivity index (χ4n) is 2.78. The summed E-state index contributed by atoms with van der Waals surface area (Å²) in [7, 11) is -2.05. The lowest BCUT2D eigenvalue weighted by atomic mass is 9.87. The van der Waals surface area contributed by atoms with E-state index in [1.54, 1.807) is 31.3 Å². The van der Waals surface area contributed by atoms with E-state index < -0.39 is 10.0 Å². The van der Waals surface area contributed by atoms with E-state index in [2.05, 4.69) is 30.9 Å². The molecule has 0 aliphatic carbocycles. The van der Waals surface area contributed by atoms with Gasteiger partial charge in [0.2, 0.25) is 10.0 Å². The Labute approximate surface area is 176 Å². The number of nitrogens with zero attached hydrogens (tertiary/aromatic N) is 3. The van der Waals surface area contributed by atoms with E-state index in [9.17, 15) is 8.42 Å². The van der Waals surface area contributed by atoms with E-state index in [4.69, 9.17) is 16.1 Å². The number of halogens is 1. The average Bonchev–Trinajstić information content (AvgIpc) is 3.14. The van der Waals surface area contributed by atoms with Gasteiger partial charge in [-0.2, -0.15) is 4.98 Å². The first-order chi connectivity index (χ1) is 13.6. The van der Waals surface area contributed by atoms with Crippen LogP contribution in [0, 0.1) is 0 Å². The zero-order valence-electron chi connectivity index (χ0n) is 16.9. The van der Waals surface area contributed by atoms with Gasteiger partial charge in [0.15, 0.2) is 5.82 Å². The molecule has 0 amide bonds. The minimum atomic E-state index is -3.60. The first-order valence-electron chi connectivity index (χ1n) is 9.23. The lowest BCUT2D eigenvalue weighted by Gasteiger charge is -2.20. The second-order valence-electron chi connectivity index (χ2n) is 7.85. The van der Waals surface area contributed by atoms with E-state index in [0.717, 1.165) is 5.56 Å². The highest BCUT2D eigenvalue weighted by molar-refractivity contribution is 7.89. The number of benzene rings is 2. The molecule has 0 saturated carbocycles. The SMILES string of the molecule is CN(CCc1noc(-c2ccccc2Cl)n1)S(=O)(=O)c1ccc(C(C)(C)C)cc1. The van der Waals surface area contributed by atoms with Crippen LogP contribution in [0.15, 0.2) is 57.9 Å². The number of rotatable bonds is 6. The van der Waals surface area contributed by atoms with Crippen molar-refractivity contribution >= 4 is 21.6 Å². The second kappa shape index (κ2) is 8.26. The van der Waals surface area contributed by atoms with E-state index in [0.29, 0.717) is 28.7 Å². The van der Waals surface area contributed by atoms with E-state index in [1.165, 1.54) is 4.31 Å². The summed E-state index contributed by atoms with van der Waals surface area (Å²) in [5.41, 5.74) is 1.69. The summed E-state index contributed by atoms with van der Waals surface area (Å²) >= 11 is 6.15. The molecule has 3 rings (SSSR count). The number of sulfonamides is 1. The predicted octanol–water partition coefficient (Wildman–Crippen LogP) is 4.55. The van der Waals surface area contributed by atoms with Crippen LogP contribution in [0.4, 0.5) is 0 Å². The molecule has 0 radical (unpaired) electrons. The Hall–Kier alpha value is -2.22. The van der Waals surface area contributed by atoms with Crippen LogP contribution in [0.1, 0.15) is 32.2 Å². The predicted molar refractivity (Wildman–Crippen MR) is 113 cm³/mol. The summed E-state index contributed by atoms with van der Waals surface area (Å²) in [5.74, 6) is 0.735. The smallest absolute Gasteiger partial charge is 0.259 e. The number of hydrogen-bond donors (Lipinski definition) is 0. The first kappa shape index (κ1) is 21.5. The molecule has 8 heteroatoms. The van der Waals surface area contributed by atoms with Crippen molar-refractivity contribution in [2.75, 3.05) is 13.6 Å². The van der Waals surface area contributed by atoms with Gasteiger partial charge in [-0.25, -0.2) is 12.7 Å². The highest BCUT2D eigenvalue weighted by Crippen LogP contribution is 2.26. The molecular weight excluding hydrogens is 410 g/mol. The van der Waals surface area contributed by atoms with E-state index >= 15 is 0 Å². The van der Waals surface area contributed by atoms with Gasteiger partial charge in [0.05, 0.1) is 15.5 Å². The Balaban J connectivity index is 1.69. The van der Waals surface area contributed by atoms with Crippen molar-refractivity contribution in [3.05, 3.63) is 64.9 Å². The van der Waals surface area contributed by atoms with Crippen LogP contribution in [-0.4, -0.2) is 36.5 Å². The lowest BCUT2D eigenvalue weighted by Crippen LogP contribution is -2.29.